The summed E-state index contributed by atoms with van der Waals surface area (Å²) in [7, 11) is 2.76. The molecule has 1 heterocycles. The highest BCUT2D eigenvalue weighted by Gasteiger charge is 2.11. The molecule has 0 radical (unpaired) electrons. The molecule has 0 amide bonds. The molecular formula is C11H14N4O3. The van der Waals surface area contributed by atoms with Gasteiger partial charge in [0.2, 0.25) is 0 Å². The molecule has 96 valence electrons. The number of aldehydes is 1. The lowest BCUT2D eigenvalue weighted by atomic mass is 10.2. The van der Waals surface area contributed by atoms with Gasteiger partial charge in [-0.15, -0.1) is 0 Å². The summed E-state index contributed by atoms with van der Waals surface area (Å²) in [6, 6.07) is 3.01. The first kappa shape index (κ1) is 13.7. The van der Waals surface area contributed by atoms with Crippen LogP contribution in [0.25, 0.3) is 5.70 Å². The van der Waals surface area contributed by atoms with E-state index in [1.807, 2.05) is 0 Å². The second kappa shape index (κ2) is 5.78. The number of ether oxygens (including phenoxy) is 1. The first-order chi connectivity index (χ1) is 8.51. The van der Waals surface area contributed by atoms with Crippen molar-refractivity contribution in [3.63, 3.8) is 0 Å². The number of rotatable bonds is 4. The summed E-state index contributed by atoms with van der Waals surface area (Å²) in [6.07, 6.45) is 1.85. The number of nitrogens with two attached hydrogens (primary N) is 2. The van der Waals surface area contributed by atoms with Gasteiger partial charge in [-0.2, -0.15) is 0 Å². The molecule has 0 aliphatic rings. The molecule has 0 saturated heterocycles. The van der Waals surface area contributed by atoms with Crippen molar-refractivity contribution in [2.45, 2.75) is 0 Å². The third-order valence-electron chi connectivity index (χ3n) is 2.23. The molecule has 1 rings (SSSR count). The molecule has 7 heteroatoms. The summed E-state index contributed by atoms with van der Waals surface area (Å²) >= 11 is 0. The van der Waals surface area contributed by atoms with Crippen LogP contribution in [-0.2, 0) is 9.53 Å². The number of carbonyl (C=O) groups is 2. The van der Waals surface area contributed by atoms with E-state index in [9.17, 15) is 9.59 Å². The Labute approximate surface area is 104 Å². The third kappa shape index (κ3) is 2.83. The van der Waals surface area contributed by atoms with Crippen LogP contribution < -0.4 is 11.6 Å². The Kier molecular flexibility index (Phi) is 4.39. The van der Waals surface area contributed by atoms with Gasteiger partial charge in [0.15, 0.2) is 6.29 Å². The van der Waals surface area contributed by atoms with Crippen LogP contribution in [0.4, 0.5) is 0 Å². The van der Waals surface area contributed by atoms with Crippen LogP contribution in [0, 0.1) is 0 Å². The summed E-state index contributed by atoms with van der Waals surface area (Å²) in [5.41, 5.74) is 6.64. The lowest BCUT2D eigenvalue weighted by Gasteiger charge is -2.14. The maximum Gasteiger partial charge on any atom is 0.339 e. The van der Waals surface area contributed by atoms with E-state index in [1.54, 1.807) is 0 Å². The number of hydrogen-bond acceptors (Lipinski definition) is 7. The van der Waals surface area contributed by atoms with E-state index < -0.39 is 5.97 Å². The number of hydrogen-bond donors (Lipinski definition) is 2. The van der Waals surface area contributed by atoms with Crippen LogP contribution in [0.5, 0.6) is 0 Å². The van der Waals surface area contributed by atoms with Crippen LogP contribution >= 0.6 is 0 Å². The highest BCUT2D eigenvalue weighted by molar-refractivity contribution is 5.89. The van der Waals surface area contributed by atoms with Crippen LogP contribution in [0.1, 0.15) is 16.1 Å². The number of allylic oxidation sites excluding steroid dienone is 1. The number of likely N-dealkylation sites (N-methyl/N-ethyl adjacent to an activating group) is 1. The van der Waals surface area contributed by atoms with Crippen LogP contribution in [-0.4, -0.2) is 36.4 Å². The van der Waals surface area contributed by atoms with Gasteiger partial charge in [0.05, 0.1) is 24.1 Å². The standard InChI is InChI=1S/C11H14N4O3/c1-15(13)9(6-16)10(12)8-4-3-7(5-14-8)11(17)18-2/h3-6H,12-13H2,1-2H3/b10-9-. The van der Waals surface area contributed by atoms with Crippen molar-refractivity contribution in [2.75, 3.05) is 14.2 Å². The molecule has 0 aliphatic heterocycles. The summed E-state index contributed by atoms with van der Waals surface area (Å²) in [5, 5.41) is 1.10. The molecule has 0 aliphatic carbocycles. The molecule has 0 unspecified atom stereocenters. The summed E-state index contributed by atoms with van der Waals surface area (Å²) in [4.78, 5) is 26.0. The molecule has 1 aromatic heterocycles. The molecule has 18 heavy (non-hydrogen) atoms. The fraction of sp³-hybridized carbons (Fsp3) is 0.182. The Morgan fingerprint density at radius 2 is 2.17 bits per heavy atom. The van der Waals surface area contributed by atoms with Gasteiger partial charge in [-0.05, 0) is 12.1 Å². The average molecular weight is 250 g/mol. The van der Waals surface area contributed by atoms with Crippen molar-refractivity contribution < 1.29 is 14.3 Å². The highest BCUT2D eigenvalue weighted by Crippen LogP contribution is 2.11. The van der Waals surface area contributed by atoms with Gasteiger partial charge in [0.1, 0.15) is 5.70 Å². The molecule has 7 nitrogen and oxygen atoms in total. The number of hydrazine groups is 1. The molecule has 0 spiro atoms. The molecule has 0 fully saturated rings. The fourth-order valence-electron chi connectivity index (χ4n) is 1.26. The summed E-state index contributed by atoms with van der Waals surface area (Å²) in [6.45, 7) is 0. The Bertz CT molecular complexity index is 480. The van der Waals surface area contributed by atoms with Gasteiger partial charge in [0.25, 0.3) is 0 Å². The first-order valence-electron chi connectivity index (χ1n) is 4.99. The zero-order valence-corrected chi connectivity index (χ0v) is 10.1. The topological polar surface area (TPSA) is 112 Å². The lowest BCUT2D eigenvalue weighted by molar-refractivity contribution is -0.106. The highest BCUT2D eigenvalue weighted by atomic mass is 16.5. The van der Waals surface area contributed by atoms with Crippen molar-refractivity contribution in [3.05, 3.63) is 35.3 Å². The molecule has 0 bridgehead atoms. The van der Waals surface area contributed by atoms with Gasteiger partial charge in [-0.25, -0.2) is 10.6 Å². The summed E-state index contributed by atoms with van der Waals surface area (Å²) in [5.74, 6) is 4.95. The van der Waals surface area contributed by atoms with Gasteiger partial charge in [0, 0.05) is 13.2 Å². The number of carbonyl (C=O) groups excluding carboxylic acids is 2. The summed E-state index contributed by atoms with van der Waals surface area (Å²) < 4.78 is 4.54. The SMILES string of the molecule is COC(=O)c1ccc(/C(N)=C(\C=O)N(C)N)nc1. The maximum atomic E-state index is 11.2. The zero-order chi connectivity index (χ0) is 13.7. The minimum atomic E-state index is -0.497. The largest absolute Gasteiger partial charge is 0.465 e. The van der Waals surface area contributed by atoms with E-state index in [2.05, 4.69) is 9.72 Å². The van der Waals surface area contributed by atoms with Gasteiger partial charge in [-0.3, -0.25) is 9.78 Å². The van der Waals surface area contributed by atoms with E-state index in [0.717, 1.165) is 5.01 Å². The van der Waals surface area contributed by atoms with E-state index >= 15 is 0 Å². The Morgan fingerprint density at radius 3 is 2.56 bits per heavy atom. The molecule has 4 N–H and O–H groups in total. The van der Waals surface area contributed by atoms with Crippen LogP contribution in [0.3, 0.4) is 0 Å². The Hall–Kier alpha value is -2.41. The van der Waals surface area contributed by atoms with Crippen molar-refractivity contribution >= 4 is 18.0 Å². The zero-order valence-electron chi connectivity index (χ0n) is 10.1. The second-order valence-electron chi connectivity index (χ2n) is 3.45. The van der Waals surface area contributed by atoms with Crippen LogP contribution in [0.2, 0.25) is 0 Å². The molecule has 0 atom stereocenters. The quantitative estimate of drug-likeness (QED) is 0.243. The number of esters is 1. The van der Waals surface area contributed by atoms with Crippen LogP contribution in [0.15, 0.2) is 24.0 Å². The predicted octanol–water partition coefficient (Wildman–Crippen LogP) is -0.500. The van der Waals surface area contributed by atoms with Gasteiger partial charge >= 0.3 is 5.97 Å². The first-order valence-corrected chi connectivity index (χ1v) is 4.99. The maximum absolute atomic E-state index is 11.2. The fourth-order valence-corrected chi connectivity index (χ4v) is 1.26. The minimum Gasteiger partial charge on any atom is -0.465 e. The molecule has 1 aromatic rings. The van der Waals surface area contributed by atoms with Crippen molar-refractivity contribution in [1.82, 2.24) is 9.99 Å². The Morgan fingerprint density at radius 1 is 1.50 bits per heavy atom. The molecule has 0 aromatic carbocycles. The van der Waals surface area contributed by atoms with Crippen molar-refractivity contribution in [1.29, 1.82) is 0 Å². The lowest BCUT2D eigenvalue weighted by Crippen LogP contribution is -2.28. The van der Waals surface area contributed by atoms with Crippen molar-refractivity contribution in [2.24, 2.45) is 11.6 Å². The van der Waals surface area contributed by atoms with Gasteiger partial charge in [-0.1, -0.05) is 0 Å². The smallest absolute Gasteiger partial charge is 0.339 e. The predicted molar refractivity (Wildman–Crippen MR) is 64.7 cm³/mol. The van der Waals surface area contributed by atoms with E-state index in [1.165, 1.54) is 32.5 Å². The number of methoxy groups -OCH3 is 1. The normalized spacial score (nSPS) is 11.5. The number of nitrogens with zero attached hydrogens (tertiary/aromatic N) is 2. The van der Waals surface area contributed by atoms with E-state index in [0.29, 0.717) is 17.5 Å². The monoisotopic (exact) mass is 250 g/mol. The van der Waals surface area contributed by atoms with Crippen molar-refractivity contribution in [3.8, 4) is 0 Å². The van der Waals surface area contributed by atoms with E-state index in [-0.39, 0.29) is 11.4 Å². The Balaban J connectivity index is 3.12. The number of aromatic nitrogens is 1. The van der Waals surface area contributed by atoms with E-state index in [4.69, 9.17) is 11.6 Å². The molecular weight excluding hydrogens is 236 g/mol. The number of pyridine rings is 1. The third-order valence-corrected chi connectivity index (χ3v) is 2.23. The van der Waals surface area contributed by atoms with Gasteiger partial charge < -0.3 is 15.5 Å². The molecule has 0 saturated carbocycles. The minimum absolute atomic E-state index is 0.105. The second-order valence-corrected chi connectivity index (χ2v) is 3.45. The average Bonchev–Trinajstić information content (AvgIpc) is 2.38.